The van der Waals surface area contributed by atoms with Crippen LogP contribution in [0.3, 0.4) is 0 Å². The second kappa shape index (κ2) is 10.8. The maximum Gasteiger partial charge on any atom is 0.235 e. The molecule has 4 rings (SSSR count). The van der Waals surface area contributed by atoms with Crippen LogP contribution >= 0.6 is 23.1 Å². The van der Waals surface area contributed by atoms with E-state index in [2.05, 4.69) is 26.9 Å². The molecule has 1 aromatic carbocycles. The lowest BCUT2D eigenvalue weighted by Crippen LogP contribution is -2.18. The maximum atomic E-state index is 12.6. The summed E-state index contributed by atoms with van der Waals surface area (Å²) in [5.74, 6) is 0.330. The molecule has 176 valence electrons. The van der Waals surface area contributed by atoms with Gasteiger partial charge in [-0.1, -0.05) is 30.0 Å². The van der Waals surface area contributed by atoms with Crippen molar-refractivity contribution in [2.45, 2.75) is 57.7 Å². The zero-order valence-corrected chi connectivity index (χ0v) is 20.8. The van der Waals surface area contributed by atoms with Crippen molar-refractivity contribution in [3.63, 3.8) is 0 Å². The summed E-state index contributed by atoms with van der Waals surface area (Å²) in [5, 5.41) is 25.0. The molecule has 1 aliphatic carbocycles. The number of nitrogens with one attached hydrogen (secondary N) is 2. The lowest BCUT2D eigenvalue weighted by molar-refractivity contribution is -0.116. The summed E-state index contributed by atoms with van der Waals surface area (Å²) in [4.78, 5) is 26.4. The van der Waals surface area contributed by atoms with Crippen LogP contribution < -0.4 is 10.6 Å². The first-order valence-corrected chi connectivity index (χ1v) is 13.0. The first-order chi connectivity index (χ1) is 16.5. The number of fused-ring (bicyclic) bond motifs is 1. The fourth-order valence-electron chi connectivity index (χ4n) is 3.99. The summed E-state index contributed by atoms with van der Waals surface area (Å²) in [6, 6.07) is 9.87. The number of hydrogen-bond donors (Lipinski definition) is 2. The van der Waals surface area contributed by atoms with Crippen LogP contribution in [0.5, 0.6) is 0 Å². The summed E-state index contributed by atoms with van der Waals surface area (Å²) < 4.78 is 1.85. The van der Waals surface area contributed by atoms with Crippen molar-refractivity contribution in [3.8, 4) is 6.07 Å². The fraction of sp³-hybridized carbons (Fsp3) is 0.375. The number of amides is 2. The molecule has 3 aromatic rings. The average Bonchev–Trinajstić information content (AvgIpc) is 3.38. The Morgan fingerprint density at radius 3 is 2.74 bits per heavy atom. The number of benzene rings is 1. The normalized spacial score (nSPS) is 12.6. The highest BCUT2D eigenvalue weighted by Crippen LogP contribution is 2.37. The Hall–Kier alpha value is -3.16. The van der Waals surface area contributed by atoms with E-state index in [0.717, 1.165) is 42.5 Å². The minimum absolute atomic E-state index is 0.0915. The van der Waals surface area contributed by atoms with E-state index in [9.17, 15) is 14.9 Å². The van der Waals surface area contributed by atoms with Crippen molar-refractivity contribution >= 4 is 45.6 Å². The highest BCUT2D eigenvalue weighted by Gasteiger charge is 2.22. The average molecular weight is 495 g/mol. The van der Waals surface area contributed by atoms with E-state index in [1.165, 1.54) is 28.0 Å². The molecule has 2 amide bonds. The topological polar surface area (TPSA) is 113 Å². The molecule has 0 atom stereocenters. The quantitative estimate of drug-likeness (QED) is 0.451. The number of para-hydroxylation sites is 1. The van der Waals surface area contributed by atoms with Crippen LogP contribution in [-0.4, -0.2) is 32.3 Å². The van der Waals surface area contributed by atoms with E-state index in [-0.39, 0.29) is 24.0 Å². The van der Waals surface area contributed by atoms with Gasteiger partial charge in [0, 0.05) is 17.1 Å². The van der Waals surface area contributed by atoms with Crippen molar-refractivity contribution in [1.29, 1.82) is 5.26 Å². The highest BCUT2D eigenvalue weighted by atomic mass is 32.2. The van der Waals surface area contributed by atoms with Crippen molar-refractivity contribution in [1.82, 2.24) is 14.8 Å². The summed E-state index contributed by atoms with van der Waals surface area (Å²) in [6.45, 7) is 4.47. The summed E-state index contributed by atoms with van der Waals surface area (Å²) in [6.07, 6.45) is 4.17. The number of nitrogens with zero attached hydrogens (tertiary/aromatic N) is 4. The van der Waals surface area contributed by atoms with Gasteiger partial charge < -0.3 is 15.2 Å². The van der Waals surface area contributed by atoms with Crippen LogP contribution in [-0.2, 0) is 35.4 Å². The van der Waals surface area contributed by atoms with E-state index >= 15 is 0 Å². The van der Waals surface area contributed by atoms with Crippen molar-refractivity contribution in [2.75, 3.05) is 16.4 Å². The van der Waals surface area contributed by atoms with Gasteiger partial charge in [-0.15, -0.1) is 21.5 Å². The van der Waals surface area contributed by atoms with Gasteiger partial charge in [0.05, 0.1) is 17.7 Å². The van der Waals surface area contributed by atoms with E-state index < -0.39 is 0 Å². The Morgan fingerprint density at radius 2 is 1.97 bits per heavy atom. The molecule has 0 saturated carbocycles. The Kier molecular flexibility index (Phi) is 7.65. The largest absolute Gasteiger partial charge is 0.325 e. The van der Waals surface area contributed by atoms with Crippen molar-refractivity contribution in [2.24, 2.45) is 0 Å². The molecular formula is C24H26N6O2S2. The molecule has 2 aromatic heterocycles. The molecule has 1 aliphatic rings. The second-order valence-electron chi connectivity index (χ2n) is 8.05. The number of aromatic nitrogens is 3. The van der Waals surface area contributed by atoms with Crippen LogP contribution in [0.1, 0.15) is 47.2 Å². The maximum absolute atomic E-state index is 12.6. The van der Waals surface area contributed by atoms with Gasteiger partial charge >= 0.3 is 0 Å². The van der Waals surface area contributed by atoms with Crippen molar-refractivity contribution in [3.05, 3.63) is 51.7 Å². The summed E-state index contributed by atoms with van der Waals surface area (Å²) >= 11 is 2.78. The zero-order chi connectivity index (χ0) is 24.1. The van der Waals surface area contributed by atoms with Crippen molar-refractivity contribution < 1.29 is 9.59 Å². The lowest BCUT2D eigenvalue weighted by atomic mass is 9.96. The number of carbonyl (C=O) groups is 2. The SMILES string of the molecule is CCn1c(CC(=O)Nc2ccccc2C)nnc1SCC(=O)Nc1sc2c(c1C#N)CCCC2. The molecule has 0 fully saturated rings. The highest BCUT2D eigenvalue weighted by molar-refractivity contribution is 7.99. The van der Waals surface area contributed by atoms with E-state index in [0.29, 0.717) is 28.1 Å². The number of anilines is 2. The molecule has 0 radical (unpaired) electrons. The number of thioether (sulfide) groups is 1. The third kappa shape index (κ3) is 5.32. The Balaban J connectivity index is 1.37. The predicted octanol–water partition coefficient (Wildman–Crippen LogP) is 4.33. The van der Waals surface area contributed by atoms with Crippen LogP contribution in [0.25, 0.3) is 0 Å². The molecule has 2 heterocycles. The molecule has 0 saturated heterocycles. The third-order valence-corrected chi connectivity index (χ3v) is 7.89. The first kappa shape index (κ1) is 24.0. The van der Waals surface area contributed by atoms with E-state index in [1.54, 1.807) is 0 Å². The van der Waals surface area contributed by atoms with Crippen LogP contribution in [0, 0.1) is 18.3 Å². The Morgan fingerprint density at radius 1 is 1.18 bits per heavy atom. The Labute approximate surface area is 206 Å². The monoisotopic (exact) mass is 494 g/mol. The number of aryl methyl sites for hydroxylation is 2. The van der Waals surface area contributed by atoms with E-state index in [4.69, 9.17) is 0 Å². The van der Waals surface area contributed by atoms with Gasteiger partial charge in [-0.25, -0.2) is 0 Å². The summed E-state index contributed by atoms with van der Waals surface area (Å²) in [5.41, 5.74) is 3.47. The number of hydrogen-bond acceptors (Lipinski definition) is 7. The minimum atomic E-state index is -0.190. The van der Waals surface area contributed by atoms with Gasteiger partial charge in [0.2, 0.25) is 11.8 Å². The zero-order valence-electron chi connectivity index (χ0n) is 19.2. The van der Waals surface area contributed by atoms with Crippen LogP contribution in [0.2, 0.25) is 0 Å². The molecule has 0 spiro atoms. The molecule has 2 N–H and O–H groups in total. The third-order valence-electron chi connectivity index (χ3n) is 5.72. The lowest BCUT2D eigenvalue weighted by Gasteiger charge is -2.10. The minimum Gasteiger partial charge on any atom is -0.325 e. The summed E-state index contributed by atoms with van der Waals surface area (Å²) in [7, 11) is 0. The molecule has 34 heavy (non-hydrogen) atoms. The number of nitriles is 1. The Bertz CT molecular complexity index is 1260. The van der Waals surface area contributed by atoms with E-state index in [1.807, 2.05) is 42.7 Å². The van der Waals surface area contributed by atoms with Crippen LogP contribution in [0.4, 0.5) is 10.7 Å². The van der Waals surface area contributed by atoms with Gasteiger partial charge in [-0.2, -0.15) is 5.26 Å². The van der Waals surface area contributed by atoms with Gasteiger partial charge in [-0.3, -0.25) is 9.59 Å². The molecule has 8 nitrogen and oxygen atoms in total. The number of rotatable bonds is 8. The molecular weight excluding hydrogens is 468 g/mol. The molecule has 0 bridgehead atoms. The van der Waals surface area contributed by atoms with Gasteiger partial charge in [0.15, 0.2) is 5.16 Å². The number of thiophene rings is 1. The van der Waals surface area contributed by atoms with Crippen LogP contribution in [0.15, 0.2) is 29.4 Å². The smallest absolute Gasteiger partial charge is 0.235 e. The predicted molar refractivity (Wildman–Crippen MR) is 134 cm³/mol. The standard InChI is InChI=1S/C24H26N6O2S2/c1-3-30-20(12-21(31)26-18-10-6-4-8-15(18)2)28-29-24(30)33-14-22(32)27-23-17(13-25)16-9-5-7-11-19(16)34-23/h4,6,8,10H,3,5,7,9,11-12,14H2,1-2H3,(H,26,31)(H,27,32). The number of carbonyl (C=O) groups excluding carboxylic acids is 2. The molecule has 0 aliphatic heterocycles. The first-order valence-electron chi connectivity index (χ1n) is 11.2. The molecule has 0 unspecified atom stereocenters. The fourth-order valence-corrected chi connectivity index (χ4v) is 6.07. The van der Waals surface area contributed by atoms with Gasteiger partial charge in [-0.05, 0) is 56.7 Å². The van der Waals surface area contributed by atoms with Gasteiger partial charge in [0.1, 0.15) is 16.9 Å². The van der Waals surface area contributed by atoms with Gasteiger partial charge in [0.25, 0.3) is 0 Å². The molecule has 10 heteroatoms. The second-order valence-corrected chi connectivity index (χ2v) is 10.1.